The Morgan fingerprint density at radius 3 is 3.00 bits per heavy atom. The number of ketones is 1. The highest BCUT2D eigenvalue weighted by Crippen LogP contribution is 2.19. The summed E-state index contributed by atoms with van der Waals surface area (Å²) in [6.07, 6.45) is -0.278. The Hall–Kier alpha value is -1.15. The fourth-order valence-electron chi connectivity index (χ4n) is 1.40. The van der Waals surface area contributed by atoms with Crippen molar-refractivity contribution < 1.29 is 9.53 Å². The SMILES string of the molecule is CC1OCc2ccccc2C1=O. The maximum atomic E-state index is 11.5. The summed E-state index contributed by atoms with van der Waals surface area (Å²) in [7, 11) is 0. The number of ether oxygens (including phenoxy) is 1. The first-order valence-electron chi connectivity index (χ1n) is 4.03. The van der Waals surface area contributed by atoms with Crippen molar-refractivity contribution in [1.82, 2.24) is 0 Å². The number of hydrogen-bond donors (Lipinski definition) is 0. The molecule has 0 amide bonds. The Balaban J connectivity index is 2.49. The minimum atomic E-state index is -0.278. The van der Waals surface area contributed by atoms with Gasteiger partial charge in [0.1, 0.15) is 6.10 Å². The zero-order valence-corrected chi connectivity index (χ0v) is 6.91. The molecule has 0 bridgehead atoms. The standard InChI is InChI=1S/C10H10O2/c1-7-10(11)9-5-3-2-4-8(9)6-12-7/h2-5,7H,6H2,1H3. The summed E-state index contributed by atoms with van der Waals surface area (Å²) < 4.78 is 5.27. The monoisotopic (exact) mass is 162 g/mol. The van der Waals surface area contributed by atoms with E-state index in [-0.39, 0.29) is 11.9 Å². The van der Waals surface area contributed by atoms with Gasteiger partial charge < -0.3 is 4.74 Å². The predicted octanol–water partition coefficient (Wildman–Crippen LogP) is 1.79. The first kappa shape index (κ1) is 7.50. The lowest BCUT2D eigenvalue weighted by Crippen LogP contribution is -2.26. The van der Waals surface area contributed by atoms with Crippen LogP contribution in [0.25, 0.3) is 0 Å². The number of rotatable bonds is 0. The van der Waals surface area contributed by atoms with Gasteiger partial charge in [0.2, 0.25) is 0 Å². The van der Waals surface area contributed by atoms with Gasteiger partial charge in [-0.15, -0.1) is 0 Å². The van der Waals surface area contributed by atoms with Gasteiger partial charge in [0.05, 0.1) is 6.61 Å². The van der Waals surface area contributed by atoms with Gasteiger partial charge in [0.25, 0.3) is 0 Å². The van der Waals surface area contributed by atoms with Gasteiger partial charge in [-0.05, 0) is 12.5 Å². The average molecular weight is 162 g/mol. The second kappa shape index (κ2) is 2.72. The van der Waals surface area contributed by atoms with E-state index in [9.17, 15) is 4.79 Å². The molecule has 1 aliphatic rings. The van der Waals surface area contributed by atoms with E-state index in [1.807, 2.05) is 24.3 Å². The van der Waals surface area contributed by atoms with Crippen molar-refractivity contribution in [2.75, 3.05) is 0 Å². The van der Waals surface area contributed by atoms with E-state index in [1.165, 1.54) is 0 Å². The molecule has 2 nitrogen and oxygen atoms in total. The molecular formula is C10H10O2. The van der Waals surface area contributed by atoms with E-state index in [0.29, 0.717) is 6.61 Å². The van der Waals surface area contributed by atoms with Gasteiger partial charge in [-0.1, -0.05) is 24.3 Å². The van der Waals surface area contributed by atoms with Gasteiger partial charge in [-0.3, -0.25) is 4.79 Å². The van der Waals surface area contributed by atoms with Crippen molar-refractivity contribution in [3.63, 3.8) is 0 Å². The smallest absolute Gasteiger partial charge is 0.191 e. The second-order valence-electron chi connectivity index (χ2n) is 2.97. The van der Waals surface area contributed by atoms with E-state index >= 15 is 0 Å². The van der Waals surface area contributed by atoms with Crippen LogP contribution in [0, 0.1) is 0 Å². The highest BCUT2D eigenvalue weighted by molar-refractivity contribution is 6.01. The van der Waals surface area contributed by atoms with E-state index in [0.717, 1.165) is 11.1 Å². The molecule has 1 atom stereocenters. The molecule has 12 heavy (non-hydrogen) atoms. The average Bonchev–Trinajstić information content (AvgIpc) is 2.12. The molecule has 0 spiro atoms. The first-order valence-corrected chi connectivity index (χ1v) is 4.03. The third-order valence-corrected chi connectivity index (χ3v) is 2.14. The Labute approximate surface area is 71.2 Å². The largest absolute Gasteiger partial charge is 0.366 e. The summed E-state index contributed by atoms with van der Waals surface area (Å²) in [4.78, 5) is 11.5. The summed E-state index contributed by atoms with van der Waals surface area (Å²) in [5.41, 5.74) is 1.82. The van der Waals surface area contributed by atoms with E-state index in [1.54, 1.807) is 6.92 Å². The summed E-state index contributed by atoms with van der Waals surface area (Å²) in [6, 6.07) is 7.59. The highest BCUT2D eigenvalue weighted by atomic mass is 16.5. The fraction of sp³-hybridized carbons (Fsp3) is 0.300. The lowest BCUT2D eigenvalue weighted by Gasteiger charge is -2.20. The van der Waals surface area contributed by atoms with Crippen LogP contribution in [-0.4, -0.2) is 11.9 Å². The molecule has 62 valence electrons. The molecule has 0 radical (unpaired) electrons. The van der Waals surface area contributed by atoms with E-state index < -0.39 is 0 Å². The molecule has 0 saturated heterocycles. The second-order valence-corrected chi connectivity index (χ2v) is 2.97. The van der Waals surface area contributed by atoms with Crippen molar-refractivity contribution in [2.24, 2.45) is 0 Å². The molecule has 0 saturated carbocycles. The molecule has 0 N–H and O–H groups in total. The maximum Gasteiger partial charge on any atom is 0.191 e. The molecule has 1 aliphatic heterocycles. The quantitative estimate of drug-likeness (QED) is 0.581. The topological polar surface area (TPSA) is 26.3 Å². The van der Waals surface area contributed by atoms with Gasteiger partial charge in [-0.25, -0.2) is 0 Å². The molecule has 0 fully saturated rings. The van der Waals surface area contributed by atoms with Crippen molar-refractivity contribution in [3.05, 3.63) is 35.4 Å². The highest BCUT2D eigenvalue weighted by Gasteiger charge is 2.23. The molecule has 0 aliphatic carbocycles. The van der Waals surface area contributed by atoms with Crippen LogP contribution in [0.1, 0.15) is 22.8 Å². The van der Waals surface area contributed by atoms with Crippen molar-refractivity contribution >= 4 is 5.78 Å². The van der Waals surface area contributed by atoms with Gasteiger partial charge in [-0.2, -0.15) is 0 Å². The summed E-state index contributed by atoms with van der Waals surface area (Å²) >= 11 is 0. The Morgan fingerprint density at radius 1 is 1.42 bits per heavy atom. The first-order chi connectivity index (χ1) is 5.79. The molecule has 1 unspecified atom stereocenters. The number of hydrogen-bond acceptors (Lipinski definition) is 2. The Kier molecular flexibility index (Phi) is 1.70. The third-order valence-electron chi connectivity index (χ3n) is 2.14. The molecule has 1 heterocycles. The Bertz CT molecular complexity index is 317. The van der Waals surface area contributed by atoms with Gasteiger partial charge in [0, 0.05) is 5.56 Å². The van der Waals surface area contributed by atoms with Crippen LogP contribution in [-0.2, 0) is 11.3 Å². The van der Waals surface area contributed by atoms with Crippen LogP contribution in [0.3, 0.4) is 0 Å². The molecular weight excluding hydrogens is 152 g/mol. The predicted molar refractivity (Wildman–Crippen MR) is 45.0 cm³/mol. The van der Waals surface area contributed by atoms with Crippen LogP contribution in [0.4, 0.5) is 0 Å². The number of Topliss-reactive ketones (excluding diaryl/α,β-unsaturated/α-hetero) is 1. The van der Waals surface area contributed by atoms with Crippen LogP contribution in [0.5, 0.6) is 0 Å². The maximum absolute atomic E-state index is 11.5. The van der Waals surface area contributed by atoms with Crippen molar-refractivity contribution in [2.45, 2.75) is 19.6 Å². The van der Waals surface area contributed by atoms with Crippen molar-refractivity contribution in [3.8, 4) is 0 Å². The molecule has 2 heteroatoms. The lowest BCUT2D eigenvalue weighted by molar-refractivity contribution is 0.0337. The zero-order valence-electron chi connectivity index (χ0n) is 6.91. The van der Waals surface area contributed by atoms with Gasteiger partial charge >= 0.3 is 0 Å². The summed E-state index contributed by atoms with van der Waals surface area (Å²) in [5, 5.41) is 0. The van der Waals surface area contributed by atoms with Crippen LogP contribution >= 0.6 is 0 Å². The normalized spacial score (nSPS) is 22.1. The molecule has 0 aromatic heterocycles. The van der Waals surface area contributed by atoms with Crippen LogP contribution < -0.4 is 0 Å². The Morgan fingerprint density at radius 2 is 2.17 bits per heavy atom. The minimum Gasteiger partial charge on any atom is -0.366 e. The fourth-order valence-corrected chi connectivity index (χ4v) is 1.40. The number of benzene rings is 1. The van der Waals surface area contributed by atoms with Crippen LogP contribution in [0.15, 0.2) is 24.3 Å². The molecule has 2 rings (SSSR count). The molecule has 1 aromatic rings. The van der Waals surface area contributed by atoms with E-state index in [2.05, 4.69) is 0 Å². The number of carbonyl (C=O) groups excluding carboxylic acids is 1. The number of carbonyl (C=O) groups is 1. The minimum absolute atomic E-state index is 0.0943. The summed E-state index contributed by atoms with van der Waals surface area (Å²) in [6.45, 7) is 2.35. The lowest BCUT2D eigenvalue weighted by atomic mass is 9.99. The third kappa shape index (κ3) is 1.04. The number of fused-ring (bicyclic) bond motifs is 1. The molecule has 1 aromatic carbocycles. The zero-order chi connectivity index (χ0) is 8.55. The van der Waals surface area contributed by atoms with Crippen LogP contribution in [0.2, 0.25) is 0 Å². The van der Waals surface area contributed by atoms with Crippen molar-refractivity contribution in [1.29, 1.82) is 0 Å². The summed E-state index contributed by atoms with van der Waals surface area (Å²) in [5.74, 6) is 0.0943. The van der Waals surface area contributed by atoms with E-state index in [4.69, 9.17) is 4.74 Å². The van der Waals surface area contributed by atoms with Gasteiger partial charge in [0.15, 0.2) is 5.78 Å².